The van der Waals surface area contributed by atoms with Crippen molar-refractivity contribution in [3.05, 3.63) is 0 Å². The number of likely N-dealkylation sites (tertiary alicyclic amines) is 1. The molecule has 2 fully saturated rings. The lowest BCUT2D eigenvalue weighted by Gasteiger charge is -2.47. The highest BCUT2D eigenvalue weighted by Gasteiger charge is 2.46. The Morgan fingerprint density at radius 1 is 1.58 bits per heavy atom. The largest absolute Gasteiger partial charge is 0.289 e. The van der Waals surface area contributed by atoms with Gasteiger partial charge in [-0.25, -0.2) is 0 Å². The number of hydrogen-bond donors (Lipinski definition) is 0. The fourth-order valence-electron chi connectivity index (χ4n) is 2.90. The van der Waals surface area contributed by atoms with Crippen molar-refractivity contribution in [1.82, 2.24) is 4.90 Å². The van der Waals surface area contributed by atoms with Crippen molar-refractivity contribution in [1.29, 1.82) is 5.26 Å². The van der Waals surface area contributed by atoms with E-state index < -0.39 is 0 Å². The van der Waals surface area contributed by atoms with Crippen molar-refractivity contribution in [2.45, 2.75) is 26.2 Å². The summed E-state index contributed by atoms with van der Waals surface area (Å²) in [5, 5.41) is 8.49. The average Bonchev–Trinajstić information content (AvgIpc) is 2.31. The van der Waals surface area contributed by atoms with Gasteiger partial charge in [0.25, 0.3) is 0 Å². The summed E-state index contributed by atoms with van der Waals surface area (Å²) in [4.78, 5) is 2.26. The molecule has 0 radical (unpaired) electrons. The van der Waals surface area contributed by atoms with Gasteiger partial charge in [-0.15, -0.1) is 0 Å². The Bertz CT molecular complexity index is 210. The molecule has 2 rings (SSSR count). The molecule has 1 aliphatic heterocycles. The summed E-state index contributed by atoms with van der Waals surface area (Å²) in [5.74, 6) is 0.925. The zero-order chi connectivity index (χ0) is 8.60. The molecule has 1 saturated heterocycles. The second-order valence-corrected chi connectivity index (χ2v) is 4.65. The van der Waals surface area contributed by atoms with Crippen LogP contribution < -0.4 is 0 Å². The van der Waals surface area contributed by atoms with Gasteiger partial charge in [0.15, 0.2) is 0 Å². The average molecular weight is 164 g/mol. The maximum atomic E-state index is 8.49. The van der Waals surface area contributed by atoms with E-state index >= 15 is 0 Å². The molecule has 2 nitrogen and oxygen atoms in total. The third-order valence-corrected chi connectivity index (χ3v) is 3.36. The second-order valence-electron chi connectivity index (χ2n) is 4.65. The fourth-order valence-corrected chi connectivity index (χ4v) is 2.90. The number of rotatable bonds is 1. The molecule has 1 unspecified atom stereocenters. The van der Waals surface area contributed by atoms with Crippen LogP contribution in [0.1, 0.15) is 26.2 Å². The molecule has 0 N–H and O–H groups in total. The third-order valence-electron chi connectivity index (χ3n) is 3.36. The van der Waals surface area contributed by atoms with Crippen molar-refractivity contribution >= 4 is 0 Å². The Morgan fingerprint density at radius 3 is 2.83 bits per heavy atom. The molecule has 1 aliphatic carbocycles. The first-order valence-corrected chi connectivity index (χ1v) is 4.83. The zero-order valence-electron chi connectivity index (χ0n) is 7.71. The quantitative estimate of drug-likeness (QED) is 0.551. The molecule has 2 aliphatic rings. The molecule has 12 heavy (non-hydrogen) atoms. The predicted molar refractivity (Wildman–Crippen MR) is 47.5 cm³/mol. The van der Waals surface area contributed by atoms with Crippen LogP contribution in [0.3, 0.4) is 0 Å². The van der Waals surface area contributed by atoms with Gasteiger partial charge in [0.1, 0.15) is 0 Å². The van der Waals surface area contributed by atoms with Gasteiger partial charge in [0.05, 0.1) is 12.6 Å². The summed E-state index contributed by atoms with van der Waals surface area (Å²) in [6, 6.07) is 2.21. The van der Waals surface area contributed by atoms with Crippen molar-refractivity contribution in [3.63, 3.8) is 0 Å². The standard InChI is InChI=1S/C10H16N2/c1-9-2-3-10(6-9)7-12(8-10)5-4-11/h9H,2-3,5-8H2,1H3. The highest BCUT2D eigenvalue weighted by molar-refractivity contribution is 5.01. The summed E-state index contributed by atoms with van der Waals surface area (Å²) in [5.41, 5.74) is 0.635. The Labute approximate surface area is 74.2 Å². The molecule has 1 spiro atoms. The van der Waals surface area contributed by atoms with Gasteiger partial charge >= 0.3 is 0 Å². The van der Waals surface area contributed by atoms with Crippen molar-refractivity contribution < 1.29 is 0 Å². The fraction of sp³-hybridized carbons (Fsp3) is 0.900. The van der Waals surface area contributed by atoms with Crippen LogP contribution in [0, 0.1) is 22.7 Å². The van der Waals surface area contributed by atoms with Gasteiger partial charge in [-0.1, -0.05) is 13.3 Å². The molecule has 1 atom stereocenters. The lowest BCUT2D eigenvalue weighted by molar-refractivity contribution is 0.0144. The third kappa shape index (κ3) is 1.23. The molecule has 66 valence electrons. The van der Waals surface area contributed by atoms with Gasteiger partial charge in [-0.3, -0.25) is 4.90 Å². The van der Waals surface area contributed by atoms with E-state index in [0.29, 0.717) is 12.0 Å². The van der Waals surface area contributed by atoms with Crippen LogP contribution in [-0.4, -0.2) is 24.5 Å². The Balaban J connectivity index is 1.84. The lowest BCUT2D eigenvalue weighted by Crippen LogP contribution is -2.54. The SMILES string of the molecule is CC1CCC2(C1)CN(CC#N)C2. The van der Waals surface area contributed by atoms with Gasteiger partial charge in [0, 0.05) is 13.1 Å². The summed E-state index contributed by atoms with van der Waals surface area (Å²) >= 11 is 0. The second kappa shape index (κ2) is 2.74. The first-order valence-electron chi connectivity index (χ1n) is 4.83. The van der Waals surface area contributed by atoms with E-state index in [2.05, 4.69) is 17.9 Å². The first kappa shape index (κ1) is 8.07. The minimum absolute atomic E-state index is 0.635. The summed E-state index contributed by atoms with van der Waals surface area (Å²) < 4.78 is 0. The Hall–Kier alpha value is -0.550. The normalized spacial score (nSPS) is 33.2. The van der Waals surface area contributed by atoms with E-state index in [1.165, 1.54) is 32.4 Å². The van der Waals surface area contributed by atoms with E-state index in [1.807, 2.05) is 0 Å². The van der Waals surface area contributed by atoms with Gasteiger partial charge in [-0.05, 0) is 24.2 Å². The Kier molecular flexibility index (Phi) is 1.84. The van der Waals surface area contributed by atoms with E-state index in [9.17, 15) is 0 Å². The minimum Gasteiger partial charge on any atom is -0.289 e. The van der Waals surface area contributed by atoms with Crippen LogP contribution in [0.5, 0.6) is 0 Å². The smallest absolute Gasteiger partial charge is 0.0866 e. The molecule has 1 saturated carbocycles. The molecule has 0 aromatic heterocycles. The minimum atomic E-state index is 0.635. The zero-order valence-corrected chi connectivity index (χ0v) is 7.71. The topological polar surface area (TPSA) is 27.0 Å². The van der Waals surface area contributed by atoms with E-state index in [-0.39, 0.29) is 0 Å². The number of hydrogen-bond acceptors (Lipinski definition) is 2. The highest BCUT2D eigenvalue weighted by Crippen LogP contribution is 2.47. The molecular weight excluding hydrogens is 148 g/mol. The van der Waals surface area contributed by atoms with E-state index in [4.69, 9.17) is 5.26 Å². The molecule has 0 amide bonds. The monoisotopic (exact) mass is 164 g/mol. The molecule has 2 heteroatoms. The van der Waals surface area contributed by atoms with Crippen LogP contribution in [0.4, 0.5) is 0 Å². The maximum absolute atomic E-state index is 8.49. The van der Waals surface area contributed by atoms with E-state index in [1.54, 1.807) is 0 Å². The summed E-state index contributed by atoms with van der Waals surface area (Å²) in [7, 11) is 0. The number of nitriles is 1. The first-order chi connectivity index (χ1) is 5.74. The maximum Gasteiger partial charge on any atom is 0.0866 e. The molecule has 0 bridgehead atoms. The molecular formula is C10H16N2. The van der Waals surface area contributed by atoms with Crippen LogP contribution in [-0.2, 0) is 0 Å². The highest BCUT2D eigenvalue weighted by atomic mass is 15.2. The summed E-state index contributed by atoms with van der Waals surface area (Å²) in [6.45, 7) is 5.35. The molecule has 0 aromatic rings. The van der Waals surface area contributed by atoms with Crippen LogP contribution in [0.2, 0.25) is 0 Å². The van der Waals surface area contributed by atoms with Crippen LogP contribution >= 0.6 is 0 Å². The van der Waals surface area contributed by atoms with Crippen LogP contribution in [0.25, 0.3) is 0 Å². The van der Waals surface area contributed by atoms with E-state index in [0.717, 1.165) is 5.92 Å². The van der Waals surface area contributed by atoms with Gasteiger partial charge in [0.2, 0.25) is 0 Å². The molecule has 0 aromatic carbocycles. The van der Waals surface area contributed by atoms with Crippen molar-refractivity contribution in [2.24, 2.45) is 11.3 Å². The lowest BCUT2D eigenvalue weighted by atomic mass is 9.78. The van der Waals surface area contributed by atoms with Crippen molar-refractivity contribution in [2.75, 3.05) is 19.6 Å². The van der Waals surface area contributed by atoms with Crippen LogP contribution in [0.15, 0.2) is 0 Å². The van der Waals surface area contributed by atoms with Gasteiger partial charge < -0.3 is 0 Å². The van der Waals surface area contributed by atoms with Crippen molar-refractivity contribution in [3.8, 4) is 6.07 Å². The Morgan fingerprint density at radius 2 is 2.33 bits per heavy atom. The van der Waals surface area contributed by atoms with Gasteiger partial charge in [-0.2, -0.15) is 5.26 Å². The number of nitrogens with zero attached hydrogens (tertiary/aromatic N) is 2. The predicted octanol–water partition coefficient (Wildman–Crippen LogP) is 1.63. The molecule has 1 heterocycles. The summed E-state index contributed by atoms with van der Waals surface area (Å²) in [6.07, 6.45) is 4.20.